The summed E-state index contributed by atoms with van der Waals surface area (Å²) in [5.74, 6) is -0.552. The van der Waals surface area contributed by atoms with Crippen molar-refractivity contribution in [3.8, 4) is 5.75 Å². The standard InChI is InChI=1S/C19H21NO4/c1-13(2)24-17-10-6-5-9-16(17)20-18(21)12-11-14-7-3-4-8-15(14)19(22)23/h3-10,13H,11-12H2,1-2H3,(H,20,21)(H,22,23). The largest absolute Gasteiger partial charge is 0.489 e. The predicted octanol–water partition coefficient (Wildman–Crippen LogP) is 3.74. The van der Waals surface area contributed by atoms with E-state index in [9.17, 15) is 9.59 Å². The van der Waals surface area contributed by atoms with Gasteiger partial charge in [0, 0.05) is 6.42 Å². The van der Waals surface area contributed by atoms with Crippen molar-refractivity contribution in [1.29, 1.82) is 0 Å². The first-order valence-electron chi connectivity index (χ1n) is 7.84. The van der Waals surface area contributed by atoms with Crippen LogP contribution in [0.3, 0.4) is 0 Å². The van der Waals surface area contributed by atoms with E-state index >= 15 is 0 Å². The number of rotatable bonds is 7. The van der Waals surface area contributed by atoms with E-state index in [1.807, 2.05) is 26.0 Å². The van der Waals surface area contributed by atoms with Crippen LogP contribution in [0.4, 0.5) is 5.69 Å². The molecule has 0 aromatic heterocycles. The van der Waals surface area contributed by atoms with Gasteiger partial charge in [0.15, 0.2) is 0 Å². The number of ether oxygens (including phenoxy) is 1. The fraction of sp³-hybridized carbons (Fsp3) is 0.263. The van der Waals surface area contributed by atoms with E-state index in [-0.39, 0.29) is 24.0 Å². The third-order valence-electron chi connectivity index (χ3n) is 3.39. The van der Waals surface area contributed by atoms with Crippen molar-refractivity contribution in [2.45, 2.75) is 32.8 Å². The van der Waals surface area contributed by atoms with Crippen LogP contribution < -0.4 is 10.1 Å². The van der Waals surface area contributed by atoms with Crippen LogP contribution in [0.2, 0.25) is 0 Å². The van der Waals surface area contributed by atoms with Gasteiger partial charge in [-0.2, -0.15) is 0 Å². The summed E-state index contributed by atoms with van der Waals surface area (Å²) in [5.41, 5.74) is 1.49. The van der Waals surface area contributed by atoms with Crippen LogP contribution in [0, 0.1) is 0 Å². The lowest BCUT2D eigenvalue weighted by Gasteiger charge is -2.15. The second kappa shape index (κ2) is 8.15. The van der Waals surface area contributed by atoms with Crippen LogP contribution in [0.1, 0.15) is 36.2 Å². The third-order valence-corrected chi connectivity index (χ3v) is 3.39. The van der Waals surface area contributed by atoms with E-state index in [0.717, 1.165) is 0 Å². The van der Waals surface area contributed by atoms with E-state index in [1.165, 1.54) is 0 Å². The number of amides is 1. The maximum absolute atomic E-state index is 12.2. The molecular formula is C19H21NO4. The molecular weight excluding hydrogens is 306 g/mol. The molecule has 126 valence electrons. The lowest BCUT2D eigenvalue weighted by molar-refractivity contribution is -0.116. The van der Waals surface area contributed by atoms with Gasteiger partial charge in [-0.25, -0.2) is 4.79 Å². The van der Waals surface area contributed by atoms with Crippen molar-refractivity contribution in [3.63, 3.8) is 0 Å². The van der Waals surface area contributed by atoms with Crippen molar-refractivity contribution in [3.05, 3.63) is 59.7 Å². The van der Waals surface area contributed by atoms with Crippen LogP contribution in [0.15, 0.2) is 48.5 Å². The molecule has 0 bridgehead atoms. The van der Waals surface area contributed by atoms with E-state index in [2.05, 4.69) is 5.32 Å². The maximum Gasteiger partial charge on any atom is 0.335 e. The van der Waals surface area contributed by atoms with Crippen molar-refractivity contribution < 1.29 is 19.4 Å². The van der Waals surface area contributed by atoms with Crippen LogP contribution in [-0.2, 0) is 11.2 Å². The molecule has 2 N–H and O–H groups in total. The molecule has 0 aliphatic carbocycles. The molecule has 0 unspecified atom stereocenters. The van der Waals surface area contributed by atoms with E-state index in [4.69, 9.17) is 9.84 Å². The molecule has 2 rings (SSSR count). The summed E-state index contributed by atoms with van der Waals surface area (Å²) in [6.07, 6.45) is 0.562. The van der Waals surface area contributed by atoms with Gasteiger partial charge in [-0.15, -0.1) is 0 Å². The molecule has 0 saturated heterocycles. The molecule has 0 atom stereocenters. The Kier molecular flexibility index (Phi) is 5.95. The van der Waals surface area contributed by atoms with Crippen molar-refractivity contribution in [2.75, 3.05) is 5.32 Å². The Morgan fingerprint density at radius 3 is 2.46 bits per heavy atom. The quantitative estimate of drug-likeness (QED) is 0.812. The Balaban J connectivity index is 2.01. The lowest BCUT2D eigenvalue weighted by atomic mass is 10.0. The molecule has 5 nitrogen and oxygen atoms in total. The van der Waals surface area contributed by atoms with Crippen molar-refractivity contribution in [1.82, 2.24) is 0 Å². The summed E-state index contributed by atoms with van der Waals surface area (Å²) in [6.45, 7) is 3.84. The number of carbonyl (C=O) groups is 2. The Morgan fingerprint density at radius 1 is 1.08 bits per heavy atom. The highest BCUT2D eigenvalue weighted by molar-refractivity contribution is 5.93. The Morgan fingerprint density at radius 2 is 1.75 bits per heavy atom. The highest BCUT2D eigenvalue weighted by Crippen LogP contribution is 2.25. The van der Waals surface area contributed by atoms with Gasteiger partial charge >= 0.3 is 5.97 Å². The van der Waals surface area contributed by atoms with Crippen LogP contribution in [0.5, 0.6) is 5.75 Å². The number of aryl methyl sites for hydroxylation is 1. The van der Waals surface area contributed by atoms with Gasteiger partial charge in [0.2, 0.25) is 5.91 Å². The van der Waals surface area contributed by atoms with Gasteiger partial charge in [-0.3, -0.25) is 4.79 Å². The number of para-hydroxylation sites is 2. The van der Waals surface area contributed by atoms with Crippen LogP contribution in [-0.4, -0.2) is 23.1 Å². The molecule has 0 heterocycles. The highest BCUT2D eigenvalue weighted by Gasteiger charge is 2.12. The number of anilines is 1. The first-order valence-corrected chi connectivity index (χ1v) is 7.84. The normalized spacial score (nSPS) is 10.5. The Labute approximate surface area is 141 Å². The topological polar surface area (TPSA) is 75.6 Å². The zero-order valence-electron chi connectivity index (χ0n) is 13.8. The van der Waals surface area contributed by atoms with Gasteiger partial charge in [-0.1, -0.05) is 30.3 Å². The molecule has 5 heteroatoms. The minimum absolute atomic E-state index is 0.00509. The predicted molar refractivity (Wildman–Crippen MR) is 92.6 cm³/mol. The molecule has 0 fully saturated rings. The summed E-state index contributed by atoms with van der Waals surface area (Å²) in [6, 6.07) is 14.0. The number of carbonyl (C=O) groups excluding carboxylic acids is 1. The SMILES string of the molecule is CC(C)Oc1ccccc1NC(=O)CCc1ccccc1C(=O)O. The number of carboxylic acids is 1. The number of benzene rings is 2. The Hall–Kier alpha value is -2.82. The molecule has 2 aromatic carbocycles. The number of nitrogens with one attached hydrogen (secondary N) is 1. The summed E-state index contributed by atoms with van der Waals surface area (Å²) >= 11 is 0. The van der Waals surface area contributed by atoms with Crippen LogP contribution in [0.25, 0.3) is 0 Å². The molecule has 0 radical (unpaired) electrons. The minimum Gasteiger partial charge on any atom is -0.489 e. The lowest BCUT2D eigenvalue weighted by Crippen LogP contribution is -2.15. The zero-order valence-corrected chi connectivity index (χ0v) is 13.8. The van der Waals surface area contributed by atoms with Crippen molar-refractivity contribution in [2.24, 2.45) is 0 Å². The second-order valence-corrected chi connectivity index (χ2v) is 5.67. The second-order valence-electron chi connectivity index (χ2n) is 5.67. The fourth-order valence-electron chi connectivity index (χ4n) is 2.33. The number of hydrogen-bond acceptors (Lipinski definition) is 3. The maximum atomic E-state index is 12.2. The average Bonchev–Trinajstić information content (AvgIpc) is 2.54. The fourth-order valence-corrected chi connectivity index (χ4v) is 2.33. The monoisotopic (exact) mass is 327 g/mol. The van der Waals surface area contributed by atoms with E-state index < -0.39 is 5.97 Å². The molecule has 0 aliphatic rings. The highest BCUT2D eigenvalue weighted by atomic mass is 16.5. The molecule has 24 heavy (non-hydrogen) atoms. The molecule has 0 saturated carbocycles. The first-order chi connectivity index (χ1) is 11.5. The smallest absolute Gasteiger partial charge is 0.335 e. The Bertz CT molecular complexity index is 725. The number of hydrogen-bond donors (Lipinski definition) is 2. The summed E-state index contributed by atoms with van der Waals surface area (Å²) in [7, 11) is 0. The zero-order chi connectivity index (χ0) is 17.5. The molecule has 2 aromatic rings. The minimum atomic E-state index is -0.985. The summed E-state index contributed by atoms with van der Waals surface area (Å²) < 4.78 is 5.67. The van der Waals surface area contributed by atoms with Gasteiger partial charge < -0.3 is 15.2 Å². The molecule has 0 spiro atoms. The van der Waals surface area contributed by atoms with Crippen molar-refractivity contribution >= 4 is 17.6 Å². The molecule has 0 aliphatic heterocycles. The summed E-state index contributed by atoms with van der Waals surface area (Å²) in [5, 5.41) is 12.0. The van der Waals surface area contributed by atoms with Gasteiger partial charge in [0.05, 0.1) is 17.4 Å². The first kappa shape index (κ1) is 17.5. The third kappa shape index (κ3) is 4.84. The van der Waals surface area contributed by atoms with E-state index in [1.54, 1.807) is 36.4 Å². The average molecular weight is 327 g/mol. The molecule has 1 amide bonds. The van der Waals surface area contributed by atoms with E-state index in [0.29, 0.717) is 23.4 Å². The van der Waals surface area contributed by atoms with Gasteiger partial charge in [0.1, 0.15) is 5.75 Å². The number of carboxylic acid groups (broad SMARTS) is 1. The number of aromatic carboxylic acids is 1. The summed E-state index contributed by atoms with van der Waals surface area (Å²) in [4.78, 5) is 23.4. The van der Waals surface area contributed by atoms with Crippen LogP contribution >= 0.6 is 0 Å². The van der Waals surface area contributed by atoms with Gasteiger partial charge in [-0.05, 0) is 44.0 Å². The van der Waals surface area contributed by atoms with Gasteiger partial charge in [0.25, 0.3) is 0 Å².